The van der Waals surface area contributed by atoms with Crippen LogP contribution < -0.4 is 5.32 Å². The van der Waals surface area contributed by atoms with E-state index in [4.69, 9.17) is 0 Å². The Morgan fingerprint density at radius 1 is 1.27 bits per heavy atom. The molecule has 3 aliphatic rings. The molecule has 3 aliphatic heterocycles. The van der Waals surface area contributed by atoms with E-state index in [-0.39, 0.29) is 5.91 Å². The Bertz CT molecular complexity index is 586. The summed E-state index contributed by atoms with van der Waals surface area (Å²) in [6, 6.07) is 7.03. The molecule has 4 heteroatoms. The second kappa shape index (κ2) is 5.58. The van der Waals surface area contributed by atoms with E-state index in [1.807, 2.05) is 12.1 Å². The van der Waals surface area contributed by atoms with Gasteiger partial charge in [-0.15, -0.1) is 0 Å². The Kier molecular flexibility index (Phi) is 3.57. The van der Waals surface area contributed by atoms with E-state index in [2.05, 4.69) is 28.1 Å². The number of benzene rings is 1. The number of nitrogens with zero attached hydrogens (tertiary/aromatic N) is 2. The van der Waals surface area contributed by atoms with Gasteiger partial charge in [-0.25, -0.2) is 0 Å². The van der Waals surface area contributed by atoms with Gasteiger partial charge in [0.05, 0.1) is 0 Å². The summed E-state index contributed by atoms with van der Waals surface area (Å²) in [5, 5.41) is 3.43. The number of carbonyl (C=O) groups is 1. The molecular weight excluding hydrogens is 274 g/mol. The predicted octanol–water partition coefficient (Wildman–Crippen LogP) is 2.35. The zero-order chi connectivity index (χ0) is 15.1. The molecule has 0 aromatic heterocycles. The van der Waals surface area contributed by atoms with Crippen LogP contribution in [-0.4, -0.2) is 54.0 Å². The summed E-state index contributed by atoms with van der Waals surface area (Å²) in [6.45, 7) is 6.35. The highest BCUT2D eigenvalue weighted by Crippen LogP contribution is 2.29. The maximum Gasteiger partial charge on any atom is 0.254 e. The molecule has 1 N–H and O–H groups in total. The van der Waals surface area contributed by atoms with Crippen molar-refractivity contribution in [2.75, 3.05) is 31.5 Å². The van der Waals surface area contributed by atoms with Crippen molar-refractivity contribution in [2.45, 2.75) is 44.7 Å². The summed E-state index contributed by atoms with van der Waals surface area (Å²) in [4.78, 5) is 17.8. The molecule has 0 bridgehead atoms. The number of hydrogen-bond donors (Lipinski definition) is 1. The largest absolute Gasteiger partial charge is 0.385 e. The van der Waals surface area contributed by atoms with Crippen LogP contribution in [0.3, 0.4) is 0 Å². The lowest BCUT2D eigenvalue weighted by atomic mass is 9.95. The molecule has 0 radical (unpaired) electrons. The maximum absolute atomic E-state index is 13.2. The smallest absolute Gasteiger partial charge is 0.254 e. The van der Waals surface area contributed by atoms with Crippen LogP contribution in [-0.2, 0) is 6.42 Å². The molecule has 0 saturated carbocycles. The average Bonchev–Trinajstić information content (AvgIpc) is 3.00. The third kappa shape index (κ3) is 2.30. The Balaban J connectivity index is 1.61. The maximum atomic E-state index is 13.2. The zero-order valence-electron chi connectivity index (χ0n) is 13.3. The molecule has 2 fully saturated rings. The lowest BCUT2D eigenvalue weighted by Crippen LogP contribution is -2.56. The lowest BCUT2D eigenvalue weighted by Gasteiger charge is -2.42. The molecule has 1 aromatic carbocycles. The van der Waals surface area contributed by atoms with E-state index in [1.165, 1.54) is 24.9 Å². The van der Waals surface area contributed by atoms with E-state index in [1.54, 1.807) is 0 Å². The van der Waals surface area contributed by atoms with E-state index in [0.29, 0.717) is 12.1 Å². The van der Waals surface area contributed by atoms with Crippen LogP contribution in [0.1, 0.15) is 42.1 Å². The van der Waals surface area contributed by atoms with Gasteiger partial charge in [0.2, 0.25) is 0 Å². The van der Waals surface area contributed by atoms with Gasteiger partial charge in [-0.2, -0.15) is 0 Å². The van der Waals surface area contributed by atoms with Crippen LogP contribution in [0.25, 0.3) is 0 Å². The summed E-state index contributed by atoms with van der Waals surface area (Å²) in [5.41, 5.74) is 3.30. The standard InChI is InChI=1S/C18H25N3O/c1-13-11-20-10-4-5-14(20)12-21(13)18(22)16-6-2-8-17-15(16)7-3-9-19-17/h2,6,8,13-14,19H,3-5,7,9-12H2,1H3. The van der Waals surface area contributed by atoms with Crippen LogP contribution in [0, 0.1) is 0 Å². The third-order valence-corrected chi connectivity index (χ3v) is 5.52. The molecule has 3 heterocycles. The van der Waals surface area contributed by atoms with Crippen LogP contribution in [0.5, 0.6) is 0 Å². The molecule has 2 saturated heterocycles. The first-order chi connectivity index (χ1) is 10.7. The molecule has 2 unspecified atom stereocenters. The number of amides is 1. The molecule has 1 amide bonds. The van der Waals surface area contributed by atoms with Crippen LogP contribution >= 0.6 is 0 Å². The predicted molar refractivity (Wildman–Crippen MR) is 88.3 cm³/mol. The zero-order valence-corrected chi connectivity index (χ0v) is 13.3. The number of piperazine rings is 1. The lowest BCUT2D eigenvalue weighted by molar-refractivity contribution is 0.0394. The average molecular weight is 299 g/mol. The minimum atomic E-state index is 0.236. The van der Waals surface area contributed by atoms with Crippen molar-refractivity contribution in [1.82, 2.24) is 9.80 Å². The van der Waals surface area contributed by atoms with Gasteiger partial charge in [0.1, 0.15) is 0 Å². The number of carbonyl (C=O) groups excluding carboxylic acids is 1. The number of anilines is 1. The number of fused-ring (bicyclic) bond motifs is 2. The Labute approximate surface area is 132 Å². The second-order valence-corrected chi connectivity index (χ2v) is 6.96. The fourth-order valence-corrected chi connectivity index (χ4v) is 4.34. The van der Waals surface area contributed by atoms with Gasteiger partial charge in [-0.3, -0.25) is 9.69 Å². The van der Waals surface area contributed by atoms with Crippen molar-refractivity contribution < 1.29 is 4.79 Å². The molecule has 22 heavy (non-hydrogen) atoms. The van der Waals surface area contributed by atoms with E-state index in [9.17, 15) is 4.79 Å². The normalized spacial score (nSPS) is 28.0. The van der Waals surface area contributed by atoms with Crippen molar-refractivity contribution >= 4 is 11.6 Å². The van der Waals surface area contributed by atoms with E-state index >= 15 is 0 Å². The van der Waals surface area contributed by atoms with Crippen molar-refractivity contribution in [2.24, 2.45) is 0 Å². The highest BCUT2D eigenvalue weighted by Gasteiger charge is 2.37. The summed E-state index contributed by atoms with van der Waals surface area (Å²) >= 11 is 0. The SMILES string of the molecule is CC1CN2CCCC2CN1C(=O)c1cccc2c1CCCN2. The molecule has 2 atom stereocenters. The number of hydrogen-bond acceptors (Lipinski definition) is 3. The minimum Gasteiger partial charge on any atom is -0.385 e. The Hall–Kier alpha value is -1.55. The van der Waals surface area contributed by atoms with Crippen LogP contribution in [0.15, 0.2) is 18.2 Å². The quantitative estimate of drug-likeness (QED) is 0.864. The van der Waals surface area contributed by atoms with Gasteiger partial charge >= 0.3 is 0 Å². The molecule has 1 aromatic rings. The van der Waals surface area contributed by atoms with Crippen LogP contribution in [0.4, 0.5) is 5.69 Å². The molecule has 118 valence electrons. The molecule has 4 rings (SSSR count). The molecule has 0 spiro atoms. The highest BCUT2D eigenvalue weighted by molar-refractivity contribution is 5.97. The Morgan fingerprint density at radius 2 is 2.18 bits per heavy atom. The van der Waals surface area contributed by atoms with Crippen LogP contribution in [0.2, 0.25) is 0 Å². The molecular formula is C18H25N3O. The number of nitrogens with one attached hydrogen (secondary N) is 1. The first-order valence-electron chi connectivity index (χ1n) is 8.65. The summed E-state index contributed by atoms with van der Waals surface area (Å²) in [6.07, 6.45) is 4.65. The summed E-state index contributed by atoms with van der Waals surface area (Å²) < 4.78 is 0. The Morgan fingerprint density at radius 3 is 3.09 bits per heavy atom. The first kappa shape index (κ1) is 14.1. The molecule has 0 aliphatic carbocycles. The van der Waals surface area contributed by atoms with Gasteiger partial charge in [0, 0.05) is 43.0 Å². The highest BCUT2D eigenvalue weighted by atomic mass is 16.2. The summed E-state index contributed by atoms with van der Waals surface area (Å²) in [5.74, 6) is 0.236. The fourth-order valence-electron chi connectivity index (χ4n) is 4.34. The van der Waals surface area contributed by atoms with Gasteiger partial charge in [0.25, 0.3) is 5.91 Å². The van der Waals surface area contributed by atoms with Gasteiger partial charge in [0.15, 0.2) is 0 Å². The second-order valence-electron chi connectivity index (χ2n) is 6.96. The van der Waals surface area contributed by atoms with E-state index in [0.717, 1.165) is 43.7 Å². The molecule has 4 nitrogen and oxygen atoms in total. The number of rotatable bonds is 1. The van der Waals surface area contributed by atoms with Crippen molar-refractivity contribution in [1.29, 1.82) is 0 Å². The van der Waals surface area contributed by atoms with E-state index < -0.39 is 0 Å². The minimum absolute atomic E-state index is 0.236. The van der Waals surface area contributed by atoms with Crippen molar-refractivity contribution in [3.05, 3.63) is 29.3 Å². The van der Waals surface area contributed by atoms with Gasteiger partial charge in [-0.1, -0.05) is 6.07 Å². The first-order valence-corrected chi connectivity index (χ1v) is 8.65. The van der Waals surface area contributed by atoms with Crippen molar-refractivity contribution in [3.8, 4) is 0 Å². The van der Waals surface area contributed by atoms with Gasteiger partial charge < -0.3 is 10.2 Å². The fraction of sp³-hybridized carbons (Fsp3) is 0.611. The van der Waals surface area contributed by atoms with Crippen molar-refractivity contribution in [3.63, 3.8) is 0 Å². The third-order valence-electron chi connectivity index (χ3n) is 5.52. The monoisotopic (exact) mass is 299 g/mol. The topological polar surface area (TPSA) is 35.6 Å². The summed E-state index contributed by atoms with van der Waals surface area (Å²) in [7, 11) is 0. The van der Waals surface area contributed by atoms with Gasteiger partial charge in [-0.05, 0) is 56.8 Å².